The number of carboxylic acids is 1. The molecule has 1 aliphatic rings. The van der Waals surface area contributed by atoms with Gasteiger partial charge in [-0.25, -0.2) is 0 Å². The molecule has 0 saturated heterocycles. The van der Waals surface area contributed by atoms with E-state index in [2.05, 4.69) is 20.6 Å². The molecule has 1 aliphatic heterocycles. The van der Waals surface area contributed by atoms with E-state index in [1.165, 1.54) is 11.5 Å². The van der Waals surface area contributed by atoms with E-state index in [9.17, 15) is 9.90 Å². The van der Waals surface area contributed by atoms with Gasteiger partial charge in [0.25, 0.3) is 0 Å². The van der Waals surface area contributed by atoms with E-state index in [-0.39, 0.29) is 5.92 Å². The van der Waals surface area contributed by atoms with E-state index in [0.29, 0.717) is 19.5 Å². The molecule has 2 heterocycles. The molecule has 0 aliphatic carbocycles. The van der Waals surface area contributed by atoms with Gasteiger partial charge in [0.15, 0.2) is 0 Å². The number of anilines is 1. The van der Waals surface area contributed by atoms with Gasteiger partial charge in [-0.15, -0.1) is 5.10 Å². The van der Waals surface area contributed by atoms with E-state index in [1.54, 1.807) is 0 Å². The standard InChI is InChI=1S/C14H15N3O2S/c1-9-13(20-16-15-9)8-17-7-11(14(18)19)6-10-4-2-3-5-12(10)17/h2-5,11H,6-8H2,1H3,(H,18,19). The number of aliphatic carboxylic acids is 1. The minimum Gasteiger partial charge on any atom is -0.481 e. The van der Waals surface area contributed by atoms with Gasteiger partial charge in [0, 0.05) is 12.2 Å². The molecular weight excluding hydrogens is 274 g/mol. The van der Waals surface area contributed by atoms with Crippen LogP contribution in [0.25, 0.3) is 0 Å². The Morgan fingerprint density at radius 3 is 3.00 bits per heavy atom. The van der Waals surface area contributed by atoms with Crippen molar-refractivity contribution in [1.29, 1.82) is 0 Å². The molecule has 0 fully saturated rings. The van der Waals surface area contributed by atoms with Gasteiger partial charge >= 0.3 is 5.97 Å². The number of aromatic nitrogens is 2. The van der Waals surface area contributed by atoms with Crippen molar-refractivity contribution in [2.45, 2.75) is 19.9 Å². The fourth-order valence-corrected chi connectivity index (χ4v) is 3.22. The molecule has 0 bridgehead atoms. The molecule has 1 N–H and O–H groups in total. The number of para-hydroxylation sites is 1. The molecule has 5 nitrogen and oxygen atoms in total. The largest absolute Gasteiger partial charge is 0.481 e. The lowest BCUT2D eigenvalue weighted by atomic mass is 9.92. The second-order valence-electron chi connectivity index (χ2n) is 5.03. The summed E-state index contributed by atoms with van der Waals surface area (Å²) in [4.78, 5) is 14.5. The summed E-state index contributed by atoms with van der Waals surface area (Å²) in [5, 5.41) is 13.3. The van der Waals surface area contributed by atoms with Gasteiger partial charge in [0.2, 0.25) is 0 Å². The first-order chi connectivity index (χ1) is 9.65. The molecule has 0 radical (unpaired) electrons. The molecule has 3 rings (SSSR count). The van der Waals surface area contributed by atoms with E-state index >= 15 is 0 Å². The van der Waals surface area contributed by atoms with Crippen molar-refractivity contribution in [1.82, 2.24) is 9.59 Å². The fraction of sp³-hybridized carbons (Fsp3) is 0.357. The number of rotatable bonds is 3. The van der Waals surface area contributed by atoms with Gasteiger partial charge in [0.05, 0.1) is 23.0 Å². The number of carboxylic acid groups (broad SMARTS) is 1. The zero-order valence-corrected chi connectivity index (χ0v) is 11.9. The SMILES string of the molecule is Cc1nnsc1CN1CC(C(=O)O)Cc2ccccc21. The zero-order chi connectivity index (χ0) is 14.1. The summed E-state index contributed by atoms with van der Waals surface area (Å²) in [7, 11) is 0. The van der Waals surface area contributed by atoms with Gasteiger partial charge < -0.3 is 10.0 Å². The smallest absolute Gasteiger partial charge is 0.308 e. The van der Waals surface area contributed by atoms with Crippen molar-refractivity contribution in [2.24, 2.45) is 5.92 Å². The van der Waals surface area contributed by atoms with Crippen LogP contribution >= 0.6 is 11.5 Å². The second-order valence-corrected chi connectivity index (χ2v) is 5.87. The number of benzene rings is 1. The maximum atomic E-state index is 11.3. The first kappa shape index (κ1) is 13.1. The van der Waals surface area contributed by atoms with Crippen molar-refractivity contribution in [2.75, 3.05) is 11.4 Å². The third-order valence-corrected chi connectivity index (χ3v) is 4.48. The lowest BCUT2D eigenvalue weighted by molar-refractivity contribution is -0.141. The quantitative estimate of drug-likeness (QED) is 0.937. The number of carbonyl (C=O) groups is 1. The summed E-state index contributed by atoms with van der Waals surface area (Å²) in [5.74, 6) is -1.09. The van der Waals surface area contributed by atoms with Crippen LogP contribution < -0.4 is 4.90 Å². The van der Waals surface area contributed by atoms with Gasteiger partial charge in [-0.05, 0) is 36.5 Å². The fourth-order valence-electron chi connectivity index (χ4n) is 2.57. The Morgan fingerprint density at radius 2 is 2.30 bits per heavy atom. The highest BCUT2D eigenvalue weighted by molar-refractivity contribution is 7.05. The highest BCUT2D eigenvalue weighted by Gasteiger charge is 2.29. The van der Waals surface area contributed by atoms with Crippen molar-refractivity contribution < 1.29 is 9.90 Å². The van der Waals surface area contributed by atoms with Crippen LogP contribution in [0.4, 0.5) is 5.69 Å². The molecule has 1 unspecified atom stereocenters. The summed E-state index contributed by atoms with van der Waals surface area (Å²) >= 11 is 1.38. The Hall–Kier alpha value is -1.95. The maximum absolute atomic E-state index is 11.3. The molecule has 20 heavy (non-hydrogen) atoms. The second kappa shape index (κ2) is 5.20. The summed E-state index contributed by atoms with van der Waals surface area (Å²) in [6.07, 6.45) is 0.599. The Balaban J connectivity index is 1.92. The molecule has 1 aromatic heterocycles. The van der Waals surface area contributed by atoms with E-state index in [1.807, 2.05) is 25.1 Å². The minimum absolute atomic E-state index is 0.355. The maximum Gasteiger partial charge on any atom is 0.308 e. The average Bonchev–Trinajstić information content (AvgIpc) is 2.84. The summed E-state index contributed by atoms with van der Waals surface area (Å²) < 4.78 is 3.95. The molecular formula is C14H15N3O2S. The monoisotopic (exact) mass is 289 g/mol. The number of fused-ring (bicyclic) bond motifs is 1. The Morgan fingerprint density at radius 1 is 1.50 bits per heavy atom. The third kappa shape index (κ3) is 2.38. The van der Waals surface area contributed by atoms with Crippen LogP contribution in [0.15, 0.2) is 24.3 Å². The summed E-state index contributed by atoms with van der Waals surface area (Å²) in [6.45, 7) is 3.14. The van der Waals surface area contributed by atoms with Crippen molar-refractivity contribution in [3.05, 3.63) is 40.4 Å². The number of hydrogen-bond acceptors (Lipinski definition) is 5. The van der Waals surface area contributed by atoms with E-state index in [0.717, 1.165) is 21.8 Å². The number of nitrogens with zero attached hydrogens (tertiary/aromatic N) is 3. The van der Waals surface area contributed by atoms with Crippen LogP contribution in [-0.4, -0.2) is 27.2 Å². The van der Waals surface area contributed by atoms with E-state index < -0.39 is 5.97 Å². The predicted octanol–water partition coefficient (Wildman–Crippen LogP) is 2.11. The summed E-state index contributed by atoms with van der Waals surface area (Å²) in [5.41, 5.74) is 3.14. The molecule has 6 heteroatoms. The minimum atomic E-state index is -0.733. The molecule has 0 spiro atoms. The molecule has 0 amide bonds. The molecule has 104 valence electrons. The average molecular weight is 289 g/mol. The Kier molecular flexibility index (Phi) is 3.40. The van der Waals surface area contributed by atoms with Crippen LogP contribution in [0.2, 0.25) is 0 Å². The third-order valence-electron chi connectivity index (χ3n) is 3.67. The van der Waals surface area contributed by atoms with Crippen molar-refractivity contribution in [3.8, 4) is 0 Å². The molecule has 1 aromatic carbocycles. The molecule has 0 saturated carbocycles. The Bertz CT molecular complexity index is 641. The van der Waals surface area contributed by atoms with Gasteiger partial charge in [0.1, 0.15) is 0 Å². The Labute approximate surface area is 121 Å². The lowest BCUT2D eigenvalue weighted by Crippen LogP contribution is -2.38. The summed E-state index contributed by atoms with van der Waals surface area (Å²) in [6, 6.07) is 8.01. The van der Waals surface area contributed by atoms with E-state index in [4.69, 9.17) is 0 Å². The number of aryl methyl sites for hydroxylation is 1. The highest BCUT2D eigenvalue weighted by Crippen LogP contribution is 2.31. The van der Waals surface area contributed by atoms with Crippen LogP contribution in [0.1, 0.15) is 16.1 Å². The van der Waals surface area contributed by atoms with Gasteiger partial charge in [-0.1, -0.05) is 22.7 Å². The topological polar surface area (TPSA) is 66.3 Å². The highest BCUT2D eigenvalue weighted by atomic mass is 32.1. The molecule has 1 atom stereocenters. The van der Waals surface area contributed by atoms with Crippen molar-refractivity contribution in [3.63, 3.8) is 0 Å². The molecule has 2 aromatic rings. The van der Waals surface area contributed by atoms with Crippen LogP contribution in [0.3, 0.4) is 0 Å². The van der Waals surface area contributed by atoms with Gasteiger partial charge in [-0.2, -0.15) is 0 Å². The number of hydrogen-bond donors (Lipinski definition) is 1. The van der Waals surface area contributed by atoms with Crippen LogP contribution in [0.5, 0.6) is 0 Å². The lowest BCUT2D eigenvalue weighted by Gasteiger charge is -2.34. The predicted molar refractivity (Wildman–Crippen MR) is 77.0 cm³/mol. The first-order valence-corrected chi connectivity index (χ1v) is 7.26. The van der Waals surface area contributed by atoms with Gasteiger partial charge in [-0.3, -0.25) is 4.79 Å². The first-order valence-electron chi connectivity index (χ1n) is 6.48. The van der Waals surface area contributed by atoms with Crippen LogP contribution in [0, 0.1) is 12.8 Å². The normalized spacial score (nSPS) is 17.9. The zero-order valence-electron chi connectivity index (χ0n) is 11.1. The van der Waals surface area contributed by atoms with Crippen LogP contribution in [-0.2, 0) is 17.8 Å². The van der Waals surface area contributed by atoms with Crippen molar-refractivity contribution >= 4 is 23.2 Å².